The minimum atomic E-state index is -1.37. The van der Waals surface area contributed by atoms with Gasteiger partial charge < -0.3 is 19.5 Å². The van der Waals surface area contributed by atoms with Crippen molar-refractivity contribution in [3.63, 3.8) is 0 Å². The molecule has 2 aliphatic heterocycles. The summed E-state index contributed by atoms with van der Waals surface area (Å²) in [6.07, 6.45) is 1.52. The van der Waals surface area contributed by atoms with E-state index in [1.54, 1.807) is 26.0 Å². The average Bonchev–Trinajstić information content (AvgIpc) is 2.59. The molecule has 2 rings (SSSR count). The number of ether oxygens (including phenoxy) is 2. The largest absolute Gasteiger partial charge is 0.459 e. The van der Waals surface area contributed by atoms with E-state index in [0.717, 1.165) is 0 Å². The first-order chi connectivity index (χ1) is 11.8. The first-order valence-corrected chi connectivity index (χ1v) is 8.46. The maximum absolute atomic E-state index is 12.7. The van der Waals surface area contributed by atoms with E-state index in [-0.39, 0.29) is 24.4 Å². The van der Waals surface area contributed by atoms with E-state index >= 15 is 0 Å². The van der Waals surface area contributed by atoms with Gasteiger partial charge in [0.2, 0.25) is 5.78 Å². The van der Waals surface area contributed by atoms with Crippen LogP contribution in [-0.4, -0.2) is 66.7 Å². The van der Waals surface area contributed by atoms with Gasteiger partial charge in [0, 0.05) is 30.7 Å². The van der Waals surface area contributed by atoms with Crippen molar-refractivity contribution in [2.75, 3.05) is 26.7 Å². The van der Waals surface area contributed by atoms with Crippen LogP contribution in [0.15, 0.2) is 23.3 Å². The van der Waals surface area contributed by atoms with E-state index in [4.69, 9.17) is 9.47 Å². The smallest absolute Gasteiger partial charge is 0.335 e. The fourth-order valence-electron chi connectivity index (χ4n) is 2.82. The Labute approximate surface area is 147 Å². The quantitative estimate of drug-likeness (QED) is 0.505. The van der Waals surface area contributed by atoms with Crippen LogP contribution in [0.5, 0.6) is 0 Å². The molecule has 1 fully saturated rings. The lowest BCUT2D eigenvalue weighted by Gasteiger charge is -2.27. The molecule has 3 unspecified atom stereocenters. The van der Waals surface area contributed by atoms with Gasteiger partial charge in [-0.2, -0.15) is 0 Å². The highest BCUT2D eigenvalue weighted by molar-refractivity contribution is 6.01. The number of rotatable bonds is 0. The molecule has 138 valence electrons. The SMILES string of the molecule is C/C=C1\CC(C)C(O)C(=O)OC/C2=C/CN(C)CCC(OC1=O)C2=O. The Morgan fingerprint density at radius 2 is 2.04 bits per heavy atom. The Balaban J connectivity index is 2.36. The zero-order valence-electron chi connectivity index (χ0n) is 14.9. The van der Waals surface area contributed by atoms with E-state index in [1.165, 1.54) is 0 Å². The van der Waals surface area contributed by atoms with Gasteiger partial charge in [0.15, 0.2) is 12.2 Å². The third-order valence-corrected chi connectivity index (χ3v) is 4.58. The number of carbonyl (C=O) groups is 3. The number of allylic oxidation sites excluding steroid dienone is 1. The third-order valence-electron chi connectivity index (χ3n) is 4.58. The van der Waals surface area contributed by atoms with E-state index in [0.29, 0.717) is 25.1 Å². The molecule has 7 nitrogen and oxygen atoms in total. The van der Waals surface area contributed by atoms with E-state index in [2.05, 4.69) is 0 Å². The molecule has 7 heteroatoms. The summed E-state index contributed by atoms with van der Waals surface area (Å²) in [5.74, 6) is -2.24. The van der Waals surface area contributed by atoms with Gasteiger partial charge in [-0.25, -0.2) is 9.59 Å². The van der Waals surface area contributed by atoms with Crippen LogP contribution in [0.4, 0.5) is 0 Å². The second kappa shape index (κ2) is 8.40. The number of hydrogen-bond acceptors (Lipinski definition) is 7. The Kier molecular flexibility index (Phi) is 6.50. The number of Topliss-reactive ketones (excluding diaryl/α,β-unsaturated/α-hetero) is 1. The van der Waals surface area contributed by atoms with E-state index in [1.807, 2.05) is 11.9 Å². The Morgan fingerprint density at radius 1 is 1.32 bits per heavy atom. The van der Waals surface area contributed by atoms with E-state index in [9.17, 15) is 19.5 Å². The average molecular weight is 351 g/mol. The fraction of sp³-hybridized carbons (Fsp3) is 0.611. The topological polar surface area (TPSA) is 93.1 Å². The van der Waals surface area contributed by atoms with Gasteiger partial charge in [-0.3, -0.25) is 4.79 Å². The third kappa shape index (κ3) is 4.76. The zero-order chi connectivity index (χ0) is 18.6. The molecule has 0 spiro atoms. The minimum absolute atomic E-state index is 0.162. The molecular weight excluding hydrogens is 326 g/mol. The molecule has 0 aromatic rings. The number of nitrogens with zero attached hydrogens (tertiary/aromatic N) is 1. The maximum atomic E-state index is 12.7. The van der Waals surface area contributed by atoms with Gasteiger partial charge >= 0.3 is 11.9 Å². The number of ketones is 1. The van der Waals surface area contributed by atoms with Crippen molar-refractivity contribution < 1.29 is 29.0 Å². The summed E-state index contributed by atoms with van der Waals surface area (Å²) in [5, 5.41) is 10.1. The van der Waals surface area contributed by atoms with Gasteiger partial charge in [0.25, 0.3) is 0 Å². The Bertz CT molecular complexity index is 609. The molecule has 2 aliphatic rings. The molecule has 2 bridgehead atoms. The molecule has 0 aromatic carbocycles. The van der Waals surface area contributed by atoms with E-state index < -0.39 is 30.1 Å². The molecule has 0 saturated carbocycles. The molecule has 1 N–H and O–H groups in total. The monoisotopic (exact) mass is 351 g/mol. The molecule has 0 amide bonds. The molecular formula is C18H25NO6. The van der Waals surface area contributed by atoms with Crippen molar-refractivity contribution in [1.82, 2.24) is 4.90 Å². The Hall–Kier alpha value is -1.99. The number of aliphatic hydroxyl groups excluding tert-OH is 1. The maximum Gasteiger partial charge on any atom is 0.335 e. The van der Waals surface area contributed by atoms with Crippen molar-refractivity contribution in [2.45, 2.75) is 38.9 Å². The van der Waals surface area contributed by atoms with Gasteiger partial charge in [-0.1, -0.05) is 19.1 Å². The first kappa shape index (κ1) is 19.3. The lowest BCUT2D eigenvalue weighted by atomic mass is 9.95. The molecule has 0 aliphatic carbocycles. The number of aliphatic hydroxyl groups is 1. The van der Waals surface area contributed by atoms with Crippen LogP contribution in [-0.2, 0) is 23.9 Å². The number of fused-ring (bicyclic) bond motifs is 2. The van der Waals surface area contributed by atoms with Gasteiger partial charge in [-0.05, 0) is 26.3 Å². The van der Waals surface area contributed by atoms with Crippen molar-refractivity contribution >= 4 is 17.7 Å². The Morgan fingerprint density at radius 3 is 2.72 bits per heavy atom. The lowest BCUT2D eigenvalue weighted by molar-refractivity contribution is -0.158. The van der Waals surface area contributed by atoms with Crippen LogP contribution in [0.25, 0.3) is 0 Å². The van der Waals surface area contributed by atoms with Crippen molar-refractivity contribution in [1.29, 1.82) is 0 Å². The van der Waals surface area contributed by atoms with Crippen LogP contribution >= 0.6 is 0 Å². The number of carbonyl (C=O) groups excluding carboxylic acids is 3. The minimum Gasteiger partial charge on any atom is -0.459 e. The van der Waals surface area contributed by atoms with Gasteiger partial charge in [0.1, 0.15) is 6.61 Å². The van der Waals surface area contributed by atoms with Crippen LogP contribution in [0.1, 0.15) is 26.7 Å². The van der Waals surface area contributed by atoms with Crippen LogP contribution in [0, 0.1) is 5.92 Å². The predicted octanol–water partition coefficient (Wildman–Crippen LogP) is 0.619. The zero-order valence-corrected chi connectivity index (χ0v) is 14.9. The summed E-state index contributed by atoms with van der Waals surface area (Å²) < 4.78 is 10.6. The van der Waals surface area contributed by atoms with Crippen LogP contribution in [0.2, 0.25) is 0 Å². The number of esters is 2. The highest BCUT2D eigenvalue weighted by atomic mass is 16.6. The molecule has 2 heterocycles. The summed E-state index contributed by atoms with van der Waals surface area (Å²) in [5.41, 5.74) is 0.605. The summed E-state index contributed by atoms with van der Waals surface area (Å²) in [6.45, 7) is 4.23. The summed E-state index contributed by atoms with van der Waals surface area (Å²) >= 11 is 0. The molecule has 0 radical (unpaired) electrons. The highest BCUT2D eigenvalue weighted by Gasteiger charge is 2.33. The van der Waals surface area contributed by atoms with Gasteiger partial charge in [0.05, 0.1) is 0 Å². The van der Waals surface area contributed by atoms with Crippen molar-refractivity contribution in [2.24, 2.45) is 5.92 Å². The summed E-state index contributed by atoms with van der Waals surface area (Å²) in [4.78, 5) is 39.2. The standard InChI is InChI=1S/C18H25NO6/c1-4-12-9-11(2)15(20)18(23)24-10-13-5-7-19(3)8-6-14(16(13)21)25-17(12)22/h4-5,11,14-15,20H,6-10H2,1-3H3/b12-4+,13-5-. The summed E-state index contributed by atoms with van der Waals surface area (Å²) in [6, 6.07) is 0. The first-order valence-electron chi connectivity index (χ1n) is 8.46. The normalized spacial score (nSPS) is 33.9. The molecule has 0 aromatic heterocycles. The van der Waals surface area contributed by atoms with Crippen molar-refractivity contribution in [3.05, 3.63) is 23.3 Å². The van der Waals surface area contributed by atoms with Gasteiger partial charge in [-0.15, -0.1) is 0 Å². The number of cyclic esters (lactones) is 1. The molecule has 25 heavy (non-hydrogen) atoms. The fourth-order valence-corrected chi connectivity index (χ4v) is 2.82. The molecule has 1 saturated heterocycles. The van der Waals surface area contributed by atoms with Crippen molar-refractivity contribution in [3.8, 4) is 0 Å². The second-order valence-corrected chi connectivity index (χ2v) is 6.59. The number of hydrogen-bond donors (Lipinski definition) is 1. The molecule has 3 atom stereocenters. The van der Waals surface area contributed by atoms with Crippen LogP contribution in [0.3, 0.4) is 0 Å². The summed E-state index contributed by atoms with van der Waals surface area (Å²) in [7, 11) is 1.89. The lowest BCUT2D eigenvalue weighted by Crippen LogP contribution is -2.39. The highest BCUT2D eigenvalue weighted by Crippen LogP contribution is 2.22. The number of likely N-dealkylation sites (N-methyl/N-ethyl adjacent to an activating group) is 1. The van der Waals surface area contributed by atoms with Crippen LogP contribution < -0.4 is 0 Å². The second-order valence-electron chi connectivity index (χ2n) is 6.59. The predicted molar refractivity (Wildman–Crippen MR) is 89.6 cm³/mol.